The second kappa shape index (κ2) is 6.24. The standard InChI is InChI=1S/C15H17BrN2O2/c1-9-3-4-13(16)14(5-9)18-7-12-11(8-19)6-17-10(2)15(12)20/h3-6,18-20H,7-8H2,1-2H3. The van der Waals surface area contributed by atoms with Crippen molar-refractivity contribution >= 4 is 21.6 Å². The number of nitrogens with zero attached hydrogens (tertiary/aromatic N) is 1. The van der Waals surface area contributed by atoms with Crippen LogP contribution in [0.25, 0.3) is 0 Å². The molecule has 1 heterocycles. The summed E-state index contributed by atoms with van der Waals surface area (Å²) >= 11 is 3.49. The molecule has 0 fully saturated rings. The number of aryl methyl sites for hydroxylation is 2. The summed E-state index contributed by atoms with van der Waals surface area (Å²) < 4.78 is 0.957. The van der Waals surface area contributed by atoms with E-state index in [2.05, 4.69) is 26.2 Å². The average molecular weight is 337 g/mol. The molecule has 0 aliphatic carbocycles. The average Bonchev–Trinajstić information content (AvgIpc) is 2.44. The van der Waals surface area contributed by atoms with Crippen molar-refractivity contribution in [2.75, 3.05) is 5.32 Å². The van der Waals surface area contributed by atoms with Crippen molar-refractivity contribution in [2.45, 2.75) is 27.0 Å². The SMILES string of the molecule is Cc1ccc(Br)c(NCc2c(CO)cnc(C)c2O)c1. The second-order valence-corrected chi connectivity index (χ2v) is 5.55. The molecular formula is C15H17BrN2O2. The summed E-state index contributed by atoms with van der Waals surface area (Å²) in [4.78, 5) is 4.05. The van der Waals surface area contributed by atoms with Crippen LogP contribution in [0.2, 0.25) is 0 Å². The van der Waals surface area contributed by atoms with E-state index in [1.807, 2.05) is 25.1 Å². The molecule has 0 unspecified atom stereocenters. The molecule has 106 valence electrons. The number of aromatic hydroxyl groups is 1. The van der Waals surface area contributed by atoms with E-state index in [0.717, 1.165) is 15.7 Å². The topological polar surface area (TPSA) is 65.4 Å². The Labute approximate surface area is 126 Å². The van der Waals surface area contributed by atoms with Gasteiger partial charge in [-0.25, -0.2) is 0 Å². The Bertz CT molecular complexity index is 630. The molecule has 2 rings (SSSR count). The minimum absolute atomic E-state index is 0.132. The van der Waals surface area contributed by atoms with Crippen LogP contribution in [-0.2, 0) is 13.2 Å². The van der Waals surface area contributed by atoms with Crippen molar-refractivity contribution in [3.05, 3.63) is 51.3 Å². The lowest BCUT2D eigenvalue weighted by Gasteiger charge is -2.14. The minimum Gasteiger partial charge on any atom is -0.506 e. The monoisotopic (exact) mass is 336 g/mol. The summed E-state index contributed by atoms with van der Waals surface area (Å²) in [6.07, 6.45) is 1.59. The number of aliphatic hydroxyl groups excluding tert-OH is 1. The molecule has 0 radical (unpaired) electrons. The molecule has 0 aliphatic heterocycles. The molecule has 0 saturated carbocycles. The van der Waals surface area contributed by atoms with Crippen LogP contribution in [0.3, 0.4) is 0 Å². The van der Waals surface area contributed by atoms with Crippen molar-refractivity contribution in [2.24, 2.45) is 0 Å². The first-order valence-electron chi connectivity index (χ1n) is 6.30. The molecule has 2 aromatic rings. The number of halogens is 1. The predicted octanol–water partition coefficient (Wildman–Crippen LogP) is 3.27. The number of anilines is 1. The highest BCUT2D eigenvalue weighted by Crippen LogP contribution is 2.28. The van der Waals surface area contributed by atoms with E-state index in [-0.39, 0.29) is 12.4 Å². The fourth-order valence-corrected chi connectivity index (χ4v) is 2.36. The molecule has 0 atom stereocenters. The van der Waals surface area contributed by atoms with E-state index < -0.39 is 0 Å². The maximum Gasteiger partial charge on any atom is 0.142 e. The Morgan fingerprint density at radius 3 is 2.75 bits per heavy atom. The zero-order chi connectivity index (χ0) is 14.7. The van der Waals surface area contributed by atoms with Crippen molar-refractivity contribution in [3.8, 4) is 5.75 Å². The lowest BCUT2D eigenvalue weighted by atomic mass is 10.1. The quantitative estimate of drug-likeness (QED) is 0.801. The van der Waals surface area contributed by atoms with E-state index in [1.54, 1.807) is 13.1 Å². The van der Waals surface area contributed by atoms with Crippen LogP contribution in [0.15, 0.2) is 28.9 Å². The van der Waals surface area contributed by atoms with Gasteiger partial charge in [-0.1, -0.05) is 6.07 Å². The van der Waals surface area contributed by atoms with Crippen molar-refractivity contribution in [3.63, 3.8) is 0 Å². The molecule has 0 aliphatic rings. The van der Waals surface area contributed by atoms with Crippen LogP contribution in [0.5, 0.6) is 5.75 Å². The molecule has 4 nitrogen and oxygen atoms in total. The lowest BCUT2D eigenvalue weighted by Crippen LogP contribution is -2.06. The molecule has 0 saturated heterocycles. The van der Waals surface area contributed by atoms with Gasteiger partial charge in [0.05, 0.1) is 12.3 Å². The van der Waals surface area contributed by atoms with E-state index in [0.29, 0.717) is 23.4 Å². The third-order valence-corrected chi connectivity index (χ3v) is 3.87. The zero-order valence-corrected chi connectivity index (χ0v) is 13.0. The van der Waals surface area contributed by atoms with Gasteiger partial charge >= 0.3 is 0 Å². The lowest BCUT2D eigenvalue weighted by molar-refractivity contribution is 0.279. The highest BCUT2D eigenvalue weighted by molar-refractivity contribution is 9.10. The number of benzene rings is 1. The summed E-state index contributed by atoms with van der Waals surface area (Å²) in [6, 6.07) is 6.01. The van der Waals surface area contributed by atoms with Crippen molar-refractivity contribution < 1.29 is 10.2 Å². The molecule has 5 heteroatoms. The van der Waals surface area contributed by atoms with Gasteiger partial charge in [0.2, 0.25) is 0 Å². The fraction of sp³-hybridized carbons (Fsp3) is 0.267. The molecule has 1 aromatic heterocycles. The van der Waals surface area contributed by atoms with E-state index in [9.17, 15) is 10.2 Å². The number of hydrogen-bond donors (Lipinski definition) is 3. The third-order valence-electron chi connectivity index (χ3n) is 3.18. The van der Waals surface area contributed by atoms with Gasteiger partial charge in [-0.2, -0.15) is 0 Å². The van der Waals surface area contributed by atoms with E-state index >= 15 is 0 Å². The number of pyridine rings is 1. The summed E-state index contributed by atoms with van der Waals surface area (Å²) in [5.41, 5.74) is 3.95. The summed E-state index contributed by atoms with van der Waals surface area (Å²) in [5, 5.41) is 22.7. The molecule has 1 aromatic carbocycles. The highest BCUT2D eigenvalue weighted by atomic mass is 79.9. The van der Waals surface area contributed by atoms with E-state index in [4.69, 9.17) is 0 Å². The van der Waals surface area contributed by atoms with Crippen LogP contribution in [0, 0.1) is 13.8 Å². The summed E-state index contributed by atoms with van der Waals surface area (Å²) in [5.74, 6) is 0.132. The van der Waals surface area contributed by atoms with Crippen molar-refractivity contribution in [1.29, 1.82) is 0 Å². The number of rotatable bonds is 4. The Hall–Kier alpha value is -1.59. The van der Waals surface area contributed by atoms with Gasteiger partial charge in [0.1, 0.15) is 5.75 Å². The smallest absolute Gasteiger partial charge is 0.142 e. The van der Waals surface area contributed by atoms with Gasteiger partial charge in [-0.05, 0) is 47.5 Å². The van der Waals surface area contributed by atoms with Gasteiger partial charge < -0.3 is 15.5 Å². The Kier molecular flexibility index (Phi) is 4.62. The molecule has 20 heavy (non-hydrogen) atoms. The van der Waals surface area contributed by atoms with Gasteiger partial charge in [0.15, 0.2) is 0 Å². The maximum absolute atomic E-state index is 10.1. The molecule has 0 bridgehead atoms. The Balaban J connectivity index is 2.27. The zero-order valence-electron chi connectivity index (χ0n) is 11.4. The summed E-state index contributed by atoms with van der Waals surface area (Å²) in [6.45, 7) is 4.04. The molecule has 3 N–H and O–H groups in total. The molecule has 0 spiro atoms. The van der Waals surface area contributed by atoms with Gasteiger partial charge in [-0.15, -0.1) is 0 Å². The largest absolute Gasteiger partial charge is 0.506 e. The predicted molar refractivity (Wildman–Crippen MR) is 82.8 cm³/mol. The van der Waals surface area contributed by atoms with Crippen LogP contribution >= 0.6 is 15.9 Å². The first kappa shape index (κ1) is 14.8. The highest BCUT2D eigenvalue weighted by Gasteiger charge is 2.11. The minimum atomic E-state index is -0.146. The Morgan fingerprint density at radius 1 is 1.30 bits per heavy atom. The fourth-order valence-electron chi connectivity index (χ4n) is 1.98. The number of nitrogens with one attached hydrogen (secondary N) is 1. The van der Waals surface area contributed by atoms with Crippen LogP contribution in [0.1, 0.15) is 22.4 Å². The normalized spacial score (nSPS) is 10.6. The second-order valence-electron chi connectivity index (χ2n) is 4.69. The molecule has 0 amide bonds. The molecular weight excluding hydrogens is 320 g/mol. The first-order valence-corrected chi connectivity index (χ1v) is 7.09. The summed E-state index contributed by atoms with van der Waals surface area (Å²) in [7, 11) is 0. The van der Waals surface area contributed by atoms with E-state index in [1.165, 1.54) is 0 Å². The van der Waals surface area contributed by atoms with Crippen LogP contribution in [-0.4, -0.2) is 15.2 Å². The van der Waals surface area contributed by atoms with Crippen LogP contribution < -0.4 is 5.32 Å². The number of aromatic nitrogens is 1. The van der Waals surface area contributed by atoms with Crippen molar-refractivity contribution in [1.82, 2.24) is 4.98 Å². The first-order chi connectivity index (χ1) is 9.52. The Morgan fingerprint density at radius 2 is 2.05 bits per heavy atom. The number of aliphatic hydroxyl groups is 1. The third kappa shape index (κ3) is 3.11. The van der Waals surface area contributed by atoms with Gasteiger partial charge in [-0.3, -0.25) is 4.98 Å². The van der Waals surface area contributed by atoms with Gasteiger partial charge in [0.25, 0.3) is 0 Å². The maximum atomic E-state index is 10.1. The van der Waals surface area contributed by atoms with Crippen LogP contribution in [0.4, 0.5) is 5.69 Å². The van der Waals surface area contributed by atoms with Gasteiger partial charge in [0, 0.05) is 34.0 Å². The number of hydrogen-bond acceptors (Lipinski definition) is 4.